The second-order valence-electron chi connectivity index (χ2n) is 5.24. The van der Waals surface area contributed by atoms with Crippen molar-refractivity contribution in [1.82, 2.24) is 14.9 Å². The lowest BCUT2D eigenvalue weighted by atomic mass is 10.2. The van der Waals surface area contributed by atoms with Crippen molar-refractivity contribution >= 4 is 16.0 Å². The zero-order valence-corrected chi connectivity index (χ0v) is 12.5. The molecule has 7 nitrogen and oxygen atoms in total. The molecule has 0 aliphatic heterocycles. The van der Waals surface area contributed by atoms with Gasteiger partial charge in [-0.3, -0.25) is 9.89 Å². The summed E-state index contributed by atoms with van der Waals surface area (Å²) in [5, 5.41) is 6.17. The maximum atomic E-state index is 12.0. The van der Waals surface area contributed by atoms with Gasteiger partial charge < -0.3 is 4.74 Å². The van der Waals surface area contributed by atoms with Crippen molar-refractivity contribution in [2.45, 2.75) is 51.2 Å². The molecule has 2 N–H and O–H groups in total. The topological polar surface area (TPSA) is 101 Å². The van der Waals surface area contributed by atoms with E-state index in [9.17, 15) is 13.2 Å². The van der Waals surface area contributed by atoms with Gasteiger partial charge in [-0.2, -0.15) is 9.82 Å². The molecule has 8 heteroatoms. The zero-order chi connectivity index (χ0) is 14.8. The fourth-order valence-corrected chi connectivity index (χ4v) is 2.67. The summed E-state index contributed by atoms with van der Waals surface area (Å²) in [5.74, 6) is -0.628. The van der Waals surface area contributed by atoms with Crippen LogP contribution in [0.15, 0.2) is 11.1 Å². The minimum Gasteiger partial charge on any atom is -0.459 e. The van der Waals surface area contributed by atoms with Crippen LogP contribution in [0.4, 0.5) is 0 Å². The van der Waals surface area contributed by atoms with Crippen LogP contribution in [0.3, 0.4) is 0 Å². The molecule has 1 heterocycles. The van der Waals surface area contributed by atoms with Gasteiger partial charge in [0.2, 0.25) is 10.0 Å². The van der Waals surface area contributed by atoms with Crippen molar-refractivity contribution in [3.63, 3.8) is 0 Å². The molecule has 0 radical (unpaired) electrons. The molecule has 1 aromatic heterocycles. The standard InChI is InChI=1S/C11H19N3O4S/c1-7-9(6-12-13-7)19(16,17)14-8(2)10(15)18-11(3,4)5/h6,8,14H,1-5H3,(H,12,13)/t8-/m1/s1. The van der Waals surface area contributed by atoms with Gasteiger partial charge >= 0.3 is 5.97 Å². The van der Waals surface area contributed by atoms with Crippen LogP contribution < -0.4 is 4.72 Å². The second kappa shape index (κ2) is 5.30. The largest absolute Gasteiger partial charge is 0.459 e. The Kier molecular flexibility index (Phi) is 4.36. The number of nitrogens with one attached hydrogen (secondary N) is 2. The minimum absolute atomic E-state index is 0.0166. The van der Waals surface area contributed by atoms with Gasteiger partial charge in [0.05, 0.1) is 11.9 Å². The number of aromatic nitrogens is 2. The molecule has 0 saturated carbocycles. The van der Waals surface area contributed by atoms with Crippen LogP contribution in [-0.2, 0) is 19.6 Å². The summed E-state index contributed by atoms with van der Waals surface area (Å²) in [6, 6.07) is -0.974. The summed E-state index contributed by atoms with van der Waals surface area (Å²) in [7, 11) is -3.79. The number of ether oxygens (including phenoxy) is 1. The van der Waals surface area contributed by atoms with Gasteiger partial charge in [-0.25, -0.2) is 8.42 Å². The summed E-state index contributed by atoms with van der Waals surface area (Å²) in [4.78, 5) is 11.7. The van der Waals surface area contributed by atoms with E-state index < -0.39 is 27.6 Å². The number of carbonyl (C=O) groups is 1. The Morgan fingerprint density at radius 2 is 2.05 bits per heavy atom. The molecule has 0 aliphatic rings. The quantitative estimate of drug-likeness (QED) is 0.796. The molecule has 0 aliphatic carbocycles. The first-order chi connectivity index (χ1) is 8.53. The number of hydrogen-bond acceptors (Lipinski definition) is 5. The fourth-order valence-electron chi connectivity index (χ4n) is 1.35. The lowest BCUT2D eigenvalue weighted by molar-refractivity contribution is -0.156. The lowest BCUT2D eigenvalue weighted by Crippen LogP contribution is -2.42. The van der Waals surface area contributed by atoms with Gasteiger partial charge in [-0.1, -0.05) is 0 Å². The third-order valence-corrected chi connectivity index (χ3v) is 3.82. The predicted molar refractivity (Wildman–Crippen MR) is 69.0 cm³/mol. The molecule has 19 heavy (non-hydrogen) atoms. The molecule has 0 spiro atoms. The van der Waals surface area contributed by atoms with E-state index in [0.717, 1.165) is 0 Å². The number of H-pyrrole nitrogens is 1. The number of esters is 1. The van der Waals surface area contributed by atoms with E-state index in [1.165, 1.54) is 13.1 Å². The van der Waals surface area contributed by atoms with Gasteiger partial charge in [-0.05, 0) is 34.6 Å². The van der Waals surface area contributed by atoms with E-state index in [2.05, 4.69) is 14.9 Å². The van der Waals surface area contributed by atoms with Crippen LogP contribution >= 0.6 is 0 Å². The van der Waals surface area contributed by atoms with Crippen molar-refractivity contribution in [2.24, 2.45) is 0 Å². The van der Waals surface area contributed by atoms with E-state index in [-0.39, 0.29) is 4.90 Å². The highest BCUT2D eigenvalue weighted by Gasteiger charge is 2.27. The molecule has 0 saturated heterocycles. The number of rotatable bonds is 4. The molecule has 0 fully saturated rings. The Morgan fingerprint density at radius 3 is 2.47 bits per heavy atom. The maximum absolute atomic E-state index is 12.0. The fraction of sp³-hybridized carbons (Fsp3) is 0.636. The molecule has 1 atom stereocenters. The third-order valence-electron chi connectivity index (χ3n) is 2.17. The van der Waals surface area contributed by atoms with Gasteiger partial charge in [0, 0.05) is 0 Å². The Balaban J connectivity index is 2.80. The first-order valence-corrected chi connectivity index (χ1v) is 7.26. The smallest absolute Gasteiger partial charge is 0.324 e. The van der Waals surface area contributed by atoms with Crippen molar-refractivity contribution in [3.8, 4) is 0 Å². The Morgan fingerprint density at radius 1 is 1.47 bits per heavy atom. The molecular weight excluding hydrogens is 270 g/mol. The number of aromatic amines is 1. The van der Waals surface area contributed by atoms with Gasteiger partial charge in [0.1, 0.15) is 16.5 Å². The van der Waals surface area contributed by atoms with E-state index in [1.54, 1.807) is 27.7 Å². The SMILES string of the molecule is Cc1[nH]ncc1S(=O)(=O)N[C@H](C)C(=O)OC(C)(C)C. The average Bonchev–Trinajstić information content (AvgIpc) is 2.61. The van der Waals surface area contributed by atoms with Crippen molar-refractivity contribution in [2.75, 3.05) is 0 Å². The van der Waals surface area contributed by atoms with E-state index in [4.69, 9.17) is 4.74 Å². The first kappa shape index (κ1) is 15.6. The van der Waals surface area contributed by atoms with Gasteiger partial charge in [0.25, 0.3) is 0 Å². The van der Waals surface area contributed by atoms with Crippen LogP contribution in [0.2, 0.25) is 0 Å². The Bertz CT molecular complexity index is 557. The van der Waals surface area contributed by atoms with Crippen molar-refractivity contribution < 1.29 is 17.9 Å². The number of nitrogens with zero attached hydrogens (tertiary/aromatic N) is 1. The highest BCUT2D eigenvalue weighted by molar-refractivity contribution is 7.89. The van der Waals surface area contributed by atoms with Crippen LogP contribution in [0, 0.1) is 6.92 Å². The lowest BCUT2D eigenvalue weighted by Gasteiger charge is -2.22. The Labute approximate surface area is 112 Å². The summed E-state index contributed by atoms with van der Waals surface area (Å²) in [6.07, 6.45) is 1.19. The van der Waals surface area contributed by atoms with Crippen LogP contribution in [-0.4, -0.2) is 36.2 Å². The average molecular weight is 289 g/mol. The molecule has 0 amide bonds. The van der Waals surface area contributed by atoms with E-state index >= 15 is 0 Å². The molecule has 0 bridgehead atoms. The third kappa shape index (κ3) is 4.32. The Hall–Kier alpha value is -1.41. The molecular formula is C11H19N3O4S. The maximum Gasteiger partial charge on any atom is 0.324 e. The van der Waals surface area contributed by atoms with E-state index in [1.807, 2.05) is 0 Å². The highest BCUT2D eigenvalue weighted by Crippen LogP contribution is 2.13. The minimum atomic E-state index is -3.79. The summed E-state index contributed by atoms with van der Waals surface area (Å²) >= 11 is 0. The van der Waals surface area contributed by atoms with Crippen LogP contribution in [0.5, 0.6) is 0 Å². The van der Waals surface area contributed by atoms with E-state index in [0.29, 0.717) is 5.69 Å². The molecule has 108 valence electrons. The van der Waals surface area contributed by atoms with Crippen LogP contribution in [0.1, 0.15) is 33.4 Å². The molecule has 0 unspecified atom stereocenters. The van der Waals surface area contributed by atoms with Gasteiger partial charge in [0.15, 0.2) is 0 Å². The number of hydrogen-bond donors (Lipinski definition) is 2. The number of carbonyl (C=O) groups excluding carboxylic acids is 1. The van der Waals surface area contributed by atoms with Crippen LogP contribution in [0.25, 0.3) is 0 Å². The highest BCUT2D eigenvalue weighted by atomic mass is 32.2. The normalized spacial score (nSPS) is 14.2. The van der Waals surface area contributed by atoms with Crippen molar-refractivity contribution in [3.05, 3.63) is 11.9 Å². The second-order valence-corrected chi connectivity index (χ2v) is 6.92. The molecule has 1 aromatic rings. The first-order valence-electron chi connectivity index (χ1n) is 5.78. The summed E-state index contributed by atoms with van der Waals surface area (Å²) < 4.78 is 31.4. The predicted octanol–water partition coefficient (Wildman–Crippen LogP) is 0.727. The molecule has 1 rings (SSSR count). The van der Waals surface area contributed by atoms with Gasteiger partial charge in [-0.15, -0.1) is 0 Å². The summed E-state index contributed by atoms with van der Waals surface area (Å²) in [6.45, 7) is 8.16. The molecule has 0 aromatic carbocycles. The summed E-state index contributed by atoms with van der Waals surface area (Å²) in [5.41, 5.74) is -0.258. The van der Waals surface area contributed by atoms with Crippen molar-refractivity contribution in [1.29, 1.82) is 0 Å². The monoisotopic (exact) mass is 289 g/mol. The number of sulfonamides is 1. The number of aryl methyl sites for hydroxylation is 1. The zero-order valence-electron chi connectivity index (χ0n) is 11.6.